The van der Waals surface area contributed by atoms with Crippen LogP contribution < -0.4 is 0 Å². The second kappa shape index (κ2) is 3.47. The first-order valence-corrected chi connectivity index (χ1v) is 4.70. The van der Waals surface area contributed by atoms with E-state index in [1.807, 2.05) is 0 Å². The Morgan fingerprint density at radius 3 is 2.56 bits per heavy atom. The van der Waals surface area contributed by atoms with Crippen LogP contribution in [0.1, 0.15) is 17.9 Å². The van der Waals surface area contributed by atoms with Gasteiger partial charge >= 0.3 is 6.18 Å². The van der Waals surface area contributed by atoms with E-state index in [-0.39, 0.29) is 12.1 Å². The lowest BCUT2D eigenvalue weighted by atomic mass is 10.1. The van der Waals surface area contributed by atoms with E-state index in [1.54, 1.807) is 0 Å². The highest BCUT2D eigenvalue weighted by atomic mass is 19.4. The molecule has 0 unspecified atom stereocenters. The van der Waals surface area contributed by atoms with E-state index in [2.05, 4.69) is 0 Å². The van der Waals surface area contributed by atoms with Crippen molar-refractivity contribution in [1.82, 2.24) is 0 Å². The molecule has 0 saturated heterocycles. The van der Waals surface area contributed by atoms with Crippen LogP contribution in [0.25, 0.3) is 0 Å². The molecule has 2 atom stereocenters. The third-order valence-electron chi connectivity index (χ3n) is 2.72. The van der Waals surface area contributed by atoms with Crippen molar-refractivity contribution in [3.63, 3.8) is 0 Å². The predicted molar refractivity (Wildman–Crippen MR) is 50.0 cm³/mol. The molecule has 1 aliphatic carbocycles. The molecular weight excluding hydrogens is 223 g/mol. The van der Waals surface area contributed by atoms with Crippen LogP contribution in [0.15, 0.2) is 24.3 Å². The van der Waals surface area contributed by atoms with Gasteiger partial charge in [0.1, 0.15) is 0 Å². The Kier molecular flexibility index (Phi) is 2.36. The third-order valence-corrected chi connectivity index (χ3v) is 2.72. The molecule has 2 rings (SSSR count). The average Bonchev–Trinajstić information content (AvgIpc) is 2.96. The first-order chi connectivity index (χ1) is 7.39. The van der Waals surface area contributed by atoms with Crippen LogP contribution in [0, 0.1) is 16.0 Å². The first-order valence-electron chi connectivity index (χ1n) is 4.70. The lowest BCUT2D eigenvalue weighted by Gasteiger charge is -2.04. The van der Waals surface area contributed by atoms with Gasteiger partial charge in [0.15, 0.2) is 0 Å². The molecule has 1 aliphatic rings. The largest absolute Gasteiger partial charge is 0.392 e. The van der Waals surface area contributed by atoms with Crippen molar-refractivity contribution in [1.29, 1.82) is 0 Å². The fourth-order valence-corrected chi connectivity index (χ4v) is 1.79. The van der Waals surface area contributed by atoms with Gasteiger partial charge < -0.3 is 0 Å². The third kappa shape index (κ3) is 2.00. The van der Waals surface area contributed by atoms with Crippen LogP contribution in [-0.4, -0.2) is 11.1 Å². The molecule has 16 heavy (non-hydrogen) atoms. The number of hydrogen-bond donors (Lipinski definition) is 0. The normalized spacial score (nSPS) is 24.2. The summed E-state index contributed by atoms with van der Waals surface area (Å²) in [5.41, 5.74) is 0.238. The molecule has 1 aromatic rings. The fraction of sp³-hybridized carbons (Fsp3) is 0.400. The maximum Gasteiger partial charge on any atom is 0.392 e. The van der Waals surface area contributed by atoms with E-state index in [4.69, 9.17) is 0 Å². The van der Waals surface area contributed by atoms with E-state index in [0.29, 0.717) is 5.56 Å². The lowest BCUT2D eigenvalue weighted by molar-refractivity contribution is -0.384. The first kappa shape index (κ1) is 10.9. The number of nitro groups is 1. The molecule has 0 aromatic heterocycles. The van der Waals surface area contributed by atoms with Gasteiger partial charge in [0.2, 0.25) is 0 Å². The van der Waals surface area contributed by atoms with Crippen molar-refractivity contribution in [2.24, 2.45) is 5.92 Å². The molecule has 0 spiro atoms. The Labute approximate surface area is 89.0 Å². The number of hydrogen-bond acceptors (Lipinski definition) is 2. The zero-order valence-electron chi connectivity index (χ0n) is 8.07. The number of nitro benzene ring substituents is 1. The van der Waals surface area contributed by atoms with Gasteiger partial charge in [-0.05, 0) is 17.9 Å². The minimum absolute atomic E-state index is 0.0324. The summed E-state index contributed by atoms with van der Waals surface area (Å²) in [4.78, 5) is 9.86. The van der Waals surface area contributed by atoms with Crippen LogP contribution in [0.2, 0.25) is 0 Å². The molecule has 0 N–H and O–H groups in total. The second-order valence-electron chi connectivity index (χ2n) is 3.84. The van der Waals surface area contributed by atoms with Crippen LogP contribution in [0.4, 0.5) is 18.9 Å². The highest BCUT2D eigenvalue weighted by molar-refractivity contribution is 5.38. The summed E-state index contributed by atoms with van der Waals surface area (Å²) in [6.07, 6.45) is -4.17. The Hall–Kier alpha value is -1.59. The maximum absolute atomic E-state index is 12.3. The average molecular weight is 231 g/mol. The summed E-state index contributed by atoms with van der Waals surface area (Å²) in [6, 6.07) is 5.41. The summed E-state index contributed by atoms with van der Waals surface area (Å²) in [6.45, 7) is 0. The van der Waals surface area contributed by atoms with E-state index < -0.39 is 22.9 Å². The minimum Gasteiger partial charge on any atom is -0.258 e. The quantitative estimate of drug-likeness (QED) is 0.579. The Morgan fingerprint density at radius 1 is 1.38 bits per heavy atom. The van der Waals surface area contributed by atoms with Crippen molar-refractivity contribution < 1.29 is 18.1 Å². The van der Waals surface area contributed by atoms with Gasteiger partial charge in [-0.3, -0.25) is 10.1 Å². The second-order valence-corrected chi connectivity index (χ2v) is 3.84. The van der Waals surface area contributed by atoms with Gasteiger partial charge in [-0.1, -0.05) is 12.1 Å². The SMILES string of the molecule is O=[N+]([O-])c1cccc([C@@H]2C[C@H]2C(F)(F)F)c1. The molecule has 0 heterocycles. The summed E-state index contributed by atoms with van der Waals surface area (Å²) in [5.74, 6) is -1.95. The molecule has 0 bridgehead atoms. The molecule has 1 aromatic carbocycles. The number of halogens is 3. The van der Waals surface area contributed by atoms with Crippen LogP contribution in [0.5, 0.6) is 0 Å². The number of alkyl halides is 3. The predicted octanol–water partition coefficient (Wildman–Crippen LogP) is 3.26. The van der Waals surface area contributed by atoms with Gasteiger partial charge in [0.25, 0.3) is 5.69 Å². The molecule has 0 aliphatic heterocycles. The van der Waals surface area contributed by atoms with Crippen molar-refractivity contribution >= 4 is 5.69 Å². The minimum atomic E-state index is -4.20. The Balaban J connectivity index is 2.18. The van der Waals surface area contributed by atoms with Gasteiger partial charge in [-0.15, -0.1) is 0 Å². The molecular formula is C10H8F3NO2. The van der Waals surface area contributed by atoms with Gasteiger partial charge in [0.05, 0.1) is 10.8 Å². The summed E-state index contributed by atoms with van der Waals surface area (Å²) in [7, 11) is 0. The highest BCUT2D eigenvalue weighted by Gasteiger charge is 2.56. The zero-order chi connectivity index (χ0) is 11.9. The van der Waals surface area contributed by atoms with E-state index in [9.17, 15) is 23.3 Å². The van der Waals surface area contributed by atoms with E-state index in [1.165, 1.54) is 24.3 Å². The molecule has 86 valence electrons. The molecule has 6 heteroatoms. The Bertz CT molecular complexity index is 430. The van der Waals surface area contributed by atoms with Crippen molar-refractivity contribution in [2.75, 3.05) is 0 Å². The fourth-order valence-electron chi connectivity index (χ4n) is 1.79. The van der Waals surface area contributed by atoms with Crippen LogP contribution >= 0.6 is 0 Å². The lowest BCUT2D eigenvalue weighted by Crippen LogP contribution is -2.11. The standard InChI is InChI=1S/C10H8F3NO2/c11-10(12,13)9-5-8(9)6-2-1-3-7(4-6)14(15)16/h1-4,8-9H,5H2/t8-,9+/m0/s1. The zero-order valence-corrected chi connectivity index (χ0v) is 8.07. The number of non-ortho nitro benzene ring substituents is 1. The number of nitrogens with zero attached hydrogens (tertiary/aromatic N) is 1. The summed E-state index contributed by atoms with van der Waals surface area (Å²) in [5, 5.41) is 10.5. The topological polar surface area (TPSA) is 43.1 Å². The van der Waals surface area contributed by atoms with E-state index in [0.717, 1.165) is 0 Å². The maximum atomic E-state index is 12.3. The van der Waals surface area contributed by atoms with Crippen LogP contribution in [0.3, 0.4) is 0 Å². The van der Waals surface area contributed by atoms with Crippen molar-refractivity contribution in [3.05, 3.63) is 39.9 Å². The van der Waals surface area contributed by atoms with Crippen molar-refractivity contribution in [2.45, 2.75) is 18.5 Å². The molecule has 1 saturated carbocycles. The molecule has 0 amide bonds. The number of rotatable bonds is 2. The number of benzene rings is 1. The van der Waals surface area contributed by atoms with Crippen LogP contribution in [-0.2, 0) is 0 Å². The Morgan fingerprint density at radius 2 is 2.06 bits per heavy atom. The molecule has 3 nitrogen and oxygen atoms in total. The summed E-state index contributed by atoms with van der Waals surface area (Å²) >= 11 is 0. The van der Waals surface area contributed by atoms with E-state index >= 15 is 0 Å². The van der Waals surface area contributed by atoms with Crippen molar-refractivity contribution in [3.8, 4) is 0 Å². The monoisotopic (exact) mass is 231 g/mol. The summed E-state index contributed by atoms with van der Waals surface area (Å²) < 4.78 is 36.9. The molecule has 0 radical (unpaired) electrons. The smallest absolute Gasteiger partial charge is 0.258 e. The highest BCUT2D eigenvalue weighted by Crippen LogP contribution is 2.56. The van der Waals surface area contributed by atoms with Gasteiger partial charge in [0, 0.05) is 12.1 Å². The van der Waals surface area contributed by atoms with Gasteiger partial charge in [-0.25, -0.2) is 0 Å². The molecule has 1 fully saturated rings. The van der Waals surface area contributed by atoms with Gasteiger partial charge in [-0.2, -0.15) is 13.2 Å².